The summed E-state index contributed by atoms with van der Waals surface area (Å²) in [7, 11) is 3.56. The van der Waals surface area contributed by atoms with Gasteiger partial charge in [0.15, 0.2) is 0 Å². The fourth-order valence-electron chi connectivity index (χ4n) is 4.86. The minimum absolute atomic E-state index is 0.0395. The van der Waals surface area contributed by atoms with Crippen LogP contribution < -0.4 is 9.47 Å². The minimum atomic E-state index is -0.803. The molecule has 3 aromatic rings. The van der Waals surface area contributed by atoms with Gasteiger partial charge in [0.2, 0.25) is 0 Å². The Kier molecular flexibility index (Phi) is 6.99. The van der Waals surface area contributed by atoms with Gasteiger partial charge in [0, 0.05) is 5.41 Å². The zero-order valence-corrected chi connectivity index (χ0v) is 19.3. The third-order valence-corrected chi connectivity index (χ3v) is 6.63. The van der Waals surface area contributed by atoms with Crippen LogP contribution in [0.2, 0.25) is 0 Å². The van der Waals surface area contributed by atoms with Gasteiger partial charge >= 0.3 is 5.97 Å². The highest BCUT2D eigenvalue weighted by Gasteiger charge is 2.40. The molecule has 0 spiro atoms. The van der Waals surface area contributed by atoms with E-state index in [2.05, 4.69) is 36.4 Å². The molecule has 5 nitrogen and oxygen atoms in total. The number of nitrogens with zero attached hydrogens (tertiary/aromatic N) is 1. The molecular formula is C28H31NO4. The number of benzene rings is 3. The number of rotatable bonds is 10. The summed E-state index contributed by atoms with van der Waals surface area (Å²) >= 11 is 0. The van der Waals surface area contributed by atoms with E-state index in [-0.39, 0.29) is 12.0 Å². The molecule has 1 N–H and O–H groups in total. The molecule has 0 heterocycles. The minimum Gasteiger partial charge on any atom is -0.497 e. The summed E-state index contributed by atoms with van der Waals surface area (Å²) in [5.74, 6) is 0.911. The van der Waals surface area contributed by atoms with Crippen LogP contribution in [-0.2, 0) is 23.2 Å². The van der Waals surface area contributed by atoms with Gasteiger partial charge in [-0.25, -0.2) is 0 Å². The highest BCUT2D eigenvalue weighted by molar-refractivity contribution is 5.69. The average molecular weight is 446 g/mol. The first kappa shape index (κ1) is 22.9. The first-order valence-electron chi connectivity index (χ1n) is 11.4. The van der Waals surface area contributed by atoms with Crippen molar-refractivity contribution >= 4 is 5.97 Å². The van der Waals surface area contributed by atoms with Gasteiger partial charge in [-0.3, -0.25) is 9.69 Å². The second-order valence-corrected chi connectivity index (χ2v) is 8.79. The fourth-order valence-corrected chi connectivity index (χ4v) is 4.86. The predicted octanol–water partition coefficient (Wildman–Crippen LogP) is 4.91. The number of likely N-dealkylation sites (N-methyl/N-ethyl adjacent to an activating group) is 1. The molecule has 1 aliphatic rings. The Morgan fingerprint density at radius 2 is 1.76 bits per heavy atom. The van der Waals surface area contributed by atoms with E-state index < -0.39 is 5.97 Å². The Morgan fingerprint density at radius 3 is 2.45 bits per heavy atom. The Balaban J connectivity index is 1.58. The van der Waals surface area contributed by atoms with Gasteiger partial charge in [-0.2, -0.15) is 0 Å². The van der Waals surface area contributed by atoms with Crippen LogP contribution in [0.25, 0.3) is 0 Å². The van der Waals surface area contributed by atoms with Crippen LogP contribution in [-0.4, -0.2) is 43.2 Å². The topological polar surface area (TPSA) is 59.0 Å². The van der Waals surface area contributed by atoms with Crippen molar-refractivity contribution in [2.75, 3.05) is 27.2 Å². The van der Waals surface area contributed by atoms with Crippen molar-refractivity contribution in [3.63, 3.8) is 0 Å². The molecule has 1 aliphatic carbocycles. The summed E-state index contributed by atoms with van der Waals surface area (Å²) < 4.78 is 11.4. The Hall–Kier alpha value is -3.31. The lowest BCUT2D eigenvalue weighted by Crippen LogP contribution is -2.33. The number of ether oxygens (including phenoxy) is 2. The number of hydrogen-bond donors (Lipinski definition) is 1. The van der Waals surface area contributed by atoms with Crippen molar-refractivity contribution in [1.29, 1.82) is 0 Å². The SMILES string of the molecule is COc1ccc2c(c1)CCC2(CCN(C)CC(=O)O)c1ccc(OCc2ccccc2)cc1. The Labute approximate surface area is 195 Å². The zero-order chi connectivity index (χ0) is 23.3. The van der Waals surface area contributed by atoms with Gasteiger partial charge in [-0.1, -0.05) is 48.5 Å². The van der Waals surface area contributed by atoms with Crippen LogP contribution in [0, 0.1) is 0 Å². The van der Waals surface area contributed by atoms with Gasteiger partial charge in [-0.05, 0) is 79.4 Å². The summed E-state index contributed by atoms with van der Waals surface area (Å²) in [5, 5.41) is 9.17. The maximum atomic E-state index is 11.2. The normalized spacial score (nSPS) is 17.1. The van der Waals surface area contributed by atoms with Gasteiger partial charge in [0.1, 0.15) is 18.1 Å². The second kappa shape index (κ2) is 10.1. The lowest BCUT2D eigenvalue weighted by molar-refractivity contribution is -0.138. The molecule has 0 saturated heterocycles. The molecule has 172 valence electrons. The number of aliphatic carboxylic acids is 1. The number of methoxy groups -OCH3 is 1. The molecule has 0 saturated carbocycles. The molecule has 33 heavy (non-hydrogen) atoms. The van der Waals surface area contributed by atoms with E-state index in [0.29, 0.717) is 13.2 Å². The third kappa shape index (κ3) is 5.20. The monoisotopic (exact) mass is 445 g/mol. The maximum absolute atomic E-state index is 11.2. The standard InChI is InChI=1S/C28H31NO4/c1-29(19-27(30)31)17-16-28(15-14-22-18-25(32-2)12-13-26(22)28)23-8-10-24(11-9-23)33-20-21-6-4-3-5-7-21/h3-13,18H,14-17,19-20H2,1-2H3,(H,30,31). The molecule has 0 bridgehead atoms. The van der Waals surface area contributed by atoms with Crippen LogP contribution in [0.4, 0.5) is 0 Å². The molecule has 0 fully saturated rings. The summed E-state index contributed by atoms with van der Waals surface area (Å²) in [6.07, 6.45) is 2.81. The van der Waals surface area contributed by atoms with Crippen molar-refractivity contribution in [1.82, 2.24) is 4.90 Å². The third-order valence-electron chi connectivity index (χ3n) is 6.63. The average Bonchev–Trinajstić information content (AvgIpc) is 3.21. The van der Waals surface area contributed by atoms with Gasteiger partial charge < -0.3 is 14.6 Å². The van der Waals surface area contributed by atoms with E-state index in [1.165, 1.54) is 16.7 Å². The van der Waals surface area contributed by atoms with Crippen molar-refractivity contribution in [2.24, 2.45) is 0 Å². The highest BCUT2D eigenvalue weighted by Crippen LogP contribution is 2.48. The van der Waals surface area contributed by atoms with Crippen molar-refractivity contribution in [2.45, 2.75) is 31.3 Å². The molecule has 5 heteroatoms. The molecule has 0 aromatic heterocycles. The largest absolute Gasteiger partial charge is 0.497 e. The van der Waals surface area contributed by atoms with Crippen LogP contribution >= 0.6 is 0 Å². The Morgan fingerprint density at radius 1 is 1.03 bits per heavy atom. The van der Waals surface area contributed by atoms with Crippen molar-refractivity contribution < 1.29 is 19.4 Å². The fraction of sp³-hybridized carbons (Fsp3) is 0.321. The van der Waals surface area contributed by atoms with Crippen molar-refractivity contribution in [3.05, 3.63) is 95.1 Å². The quantitative estimate of drug-likeness (QED) is 0.480. The number of carboxylic acid groups (broad SMARTS) is 1. The van der Waals surface area contributed by atoms with Gasteiger partial charge in [0.05, 0.1) is 13.7 Å². The maximum Gasteiger partial charge on any atom is 0.317 e. The lowest BCUT2D eigenvalue weighted by atomic mass is 9.73. The summed E-state index contributed by atoms with van der Waals surface area (Å²) in [4.78, 5) is 13.0. The van der Waals surface area contributed by atoms with E-state index in [9.17, 15) is 4.79 Å². The first-order chi connectivity index (χ1) is 16.0. The first-order valence-corrected chi connectivity index (χ1v) is 11.4. The number of carboxylic acids is 1. The summed E-state index contributed by atoms with van der Waals surface area (Å²) in [5.41, 5.74) is 4.83. The van der Waals surface area contributed by atoms with E-state index >= 15 is 0 Å². The van der Waals surface area contributed by atoms with Gasteiger partial charge in [-0.15, -0.1) is 0 Å². The van der Waals surface area contributed by atoms with E-state index in [4.69, 9.17) is 14.6 Å². The molecule has 1 atom stereocenters. The van der Waals surface area contributed by atoms with Crippen LogP contribution in [0.15, 0.2) is 72.8 Å². The van der Waals surface area contributed by atoms with Crippen LogP contribution in [0.1, 0.15) is 35.1 Å². The van der Waals surface area contributed by atoms with Crippen LogP contribution in [0.5, 0.6) is 11.5 Å². The Bertz CT molecular complexity index is 1080. The smallest absolute Gasteiger partial charge is 0.317 e. The summed E-state index contributed by atoms with van der Waals surface area (Å²) in [6, 6.07) is 24.9. The van der Waals surface area contributed by atoms with E-state index in [1.807, 2.05) is 48.3 Å². The summed E-state index contributed by atoms with van der Waals surface area (Å²) in [6.45, 7) is 1.27. The van der Waals surface area contributed by atoms with Gasteiger partial charge in [0.25, 0.3) is 0 Å². The number of aryl methyl sites for hydroxylation is 1. The number of fused-ring (bicyclic) bond motifs is 1. The van der Waals surface area contributed by atoms with Crippen molar-refractivity contribution in [3.8, 4) is 11.5 Å². The molecule has 1 unspecified atom stereocenters. The molecular weight excluding hydrogens is 414 g/mol. The molecule has 4 rings (SSSR count). The predicted molar refractivity (Wildman–Crippen MR) is 129 cm³/mol. The van der Waals surface area contributed by atoms with Crippen LogP contribution in [0.3, 0.4) is 0 Å². The number of hydrogen-bond acceptors (Lipinski definition) is 4. The molecule has 0 radical (unpaired) electrons. The molecule has 0 amide bonds. The van der Waals surface area contributed by atoms with E-state index in [1.54, 1.807) is 7.11 Å². The van der Waals surface area contributed by atoms with E-state index in [0.717, 1.165) is 36.3 Å². The second-order valence-electron chi connectivity index (χ2n) is 8.79. The zero-order valence-electron chi connectivity index (χ0n) is 19.3. The lowest BCUT2D eigenvalue weighted by Gasteiger charge is -2.33. The molecule has 3 aromatic carbocycles. The number of carbonyl (C=O) groups is 1. The molecule has 0 aliphatic heterocycles. The highest BCUT2D eigenvalue weighted by atomic mass is 16.5.